The molecular formula is C15H21N5O3. The Bertz CT molecular complexity index is 621. The first-order valence-electron chi connectivity index (χ1n) is 7.60. The fourth-order valence-corrected chi connectivity index (χ4v) is 2.82. The lowest BCUT2D eigenvalue weighted by atomic mass is 10.1. The summed E-state index contributed by atoms with van der Waals surface area (Å²) in [7, 11) is 3.32. The summed E-state index contributed by atoms with van der Waals surface area (Å²) in [6.07, 6.45) is 0. The second-order valence-electron chi connectivity index (χ2n) is 5.61. The number of ether oxygens (including phenoxy) is 1. The summed E-state index contributed by atoms with van der Waals surface area (Å²) in [6.45, 7) is 2.66. The number of hydrogen-bond acceptors (Lipinski definition) is 4. The highest BCUT2D eigenvalue weighted by Crippen LogP contribution is 2.35. The van der Waals surface area contributed by atoms with E-state index in [1.165, 1.54) is 0 Å². The van der Waals surface area contributed by atoms with Crippen LogP contribution in [-0.2, 0) is 0 Å². The zero-order chi connectivity index (χ0) is 16.4. The van der Waals surface area contributed by atoms with Gasteiger partial charge in [0.15, 0.2) is 0 Å². The van der Waals surface area contributed by atoms with Crippen LogP contribution in [0.5, 0.6) is 5.75 Å². The fourth-order valence-electron chi connectivity index (χ4n) is 2.82. The molecule has 1 unspecified atom stereocenters. The van der Waals surface area contributed by atoms with Crippen molar-refractivity contribution in [3.63, 3.8) is 0 Å². The van der Waals surface area contributed by atoms with Gasteiger partial charge in [0.05, 0.1) is 18.3 Å². The van der Waals surface area contributed by atoms with Gasteiger partial charge in [-0.15, -0.1) is 0 Å². The average molecular weight is 319 g/mol. The van der Waals surface area contributed by atoms with Gasteiger partial charge < -0.3 is 25.6 Å². The highest BCUT2D eigenvalue weighted by atomic mass is 16.5. The summed E-state index contributed by atoms with van der Waals surface area (Å²) in [4.78, 5) is 26.8. The third kappa shape index (κ3) is 3.10. The number of benzene rings is 1. The third-order valence-corrected chi connectivity index (χ3v) is 4.09. The average Bonchev–Trinajstić information content (AvgIpc) is 2.98. The number of urea groups is 2. The highest BCUT2D eigenvalue weighted by molar-refractivity contribution is 5.92. The zero-order valence-electron chi connectivity index (χ0n) is 13.3. The predicted molar refractivity (Wildman–Crippen MR) is 87.3 cm³/mol. The quantitative estimate of drug-likeness (QED) is 0.750. The molecule has 124 valence electrons. The molecule has 8 nitrogen and oxygen atoms in total. The largest absolute Gasteiger partial charge is 0.490 e. The highest BCUT2D eigenvalue weighted by Gasteiger charge is 2.26. The molecule has 0 aromatic heterocycles. The molecule has 1 aromatic carbocycles. The monoisotopic (exact) mass is 319 g/mol. The van der Waals surface area contributed by atoms with E-state index in [1.54, 1.807) is 19.0 Å². The Kier molecular flexibility index (Phi) is 4.14. The Morgan fingerprint density at radius 3 is 3.04 bits per heavy atom. The zero-order valence-corrected chi connectivity index (χ0v) is 13.3. The summed E-state index contributed by atoms with van der Waals surface area (Å²) in [5.74, 6) is 0.794. The molecule has 1 fully saturated rings. The maximum absolute atomic E-state index is 11.8. The van der Waals surface area contributed by atoms with E-state index in [9.17, 15) is 9.59 Å². The number of carbonyl (C=O) groups is 2. The Hall–Kier alpha value is -2.64. The molecule has 0 spiro atoms. The van der Waals surface area contributed by atoms with Crippen LogP contribution in [0.2, 0.25) is 0 Å². The van der Waals surface area contributed by atoms with E-state index in [-0.39, 0.29) is 18.1 Å². The molecular weight excluding hydrogens is 298 g/mol. The predicted octanol–water partition coefficient (Wildman–Crippen LogP) is 0.342. The number of carbonyl (C=O) groups excluding carboxylic acids is 2. The fraction of sp³-hybridized carbons (Fsp3) is 0.467. The summed E-state index contributed by atoms with van der Waals surface area (Å²) in [6, 6.07) is 5.43. The van der Waals surface area contributed by atoms with Crippen LogP contribution >= 0.6 is 0 Å². The molecule has 0 radical (unpaired) electrons. The standard InChI is InChI=1S/C15H21N5O3/c1-16-15(22)19(2)11-3-4-13-12(7-11)20(5-6-23-13)9-10-8-17-14(21)18-10/h3-4,7,10H,5-6,8-9H2,1-2H3,(H,16,22)(H2,17,18,21). The van der Waals surface area contributed by atoms with Crippen molar-refractivity contribution in [2.24, 2.45) is 0 Å². The van der Waals surface area contributed by atoms with Crippen LogP contribution in [-0.4, -0.2) is 58.4 Å². The molecule has 4 amide bonds. The van der Waals surface area contributed by atoms with Crippen LogP contribution in [0, 0.1) is 0 Å². The first-order valence-corrected chi connectivity index (χ1v) is 7.60. The summed E-state index contributed by atoms with van der Waals surface area (Å²) in [5, 5.41) is 8.26. The smallest absolute Gasteiger partial charge is 0.321 e. The number of anilines is 2. The van der Waals surface area contributed by atoms with E-state index in [0.29, 0.717) is 19.7 Å². The van der Waals surface area contributed by atoms with Crippen molar-refractivity contribution < 1.29 is 14.3 Å². The molecule has 2 aliphatic heterocycles. The van der Waals surface area contributed by atoms with Gasteiger partial charge in [0, 0.05) is 32.9 Å². The van der Waals surface area contributed by atoms with Gasteiger partial charge in [0.1, 0.15) is 12.4 Å². The Morgan fingerprint density at radius 1 is 1.52 bits per heavy atom. The Balaban J connectivity index is 1.81. The number of nitrogens with one attached hydrogen (secondary N) is 3. The molecule has 1 aromatic rings. The molecule has 8 heteroatoms. The molecule has 1 atom stereocenters. The molecule has 1 saturated heterocycles. The molecule has 2 heterocycles. The maximum atomic E-state index is 11.8. The first-order chi connectivity index (χ1) is 11.1. The van der Waals surface area contributed by atoms with E-state index in [2.05, 4.69) is 20.9 Å². The van der Waals surface area contributed by atoms with Gasteiger partial charge in [0.25, 0.3) is 0 Å². The molecule has 23 heavy (non-hydrogen) atoms. The molecule has 3 N–H and O–H groups in total. The first kappa shape index (κ1) is 15.3. The number of nitrogens with zero attached hydrogens (tertiary/aromatic N) is 2. The van der Waals surface area contributed by atoms with Gasteiger partial charge in [-0.3, -0.25) is 4.90 Å². The van der Waals surface area contributed by atoms with Crippen LogP contribution in [0.4, 0.5) is 21.0 Å². The van der Waals surface area contributed by atoms with Gasteiger partial charge in [0.2, 0.25) is 0 Å². The Morgan fingerprint density at radius 2 is 2.35 bits per heavy atom. The van der Waals surface area contributed by atoms with Gasteiger partial charge in [-0.1, -0.05) is 0 Å². The van der Waals surface area contributed by atoms with Crippen LogP contribution in [0.1, 0.15) is 0 Å². The second-order valence-corrected chi connectivity index (χ2v) is 5.61. The minimum absolute atomic E-state index is 0.0637. The van der Waals surface area contributed by atoms with Crippen molar-refractivity contribution in [1.82, 2.24) is 16.0 Å². The van der Waals surface area contributed by atoms with Crippen LogP contribution in [0.15, 0.2) is 18.2 Å². The van der Waals surface area contributed by atoms with Gasteiger partial charge >= 0.3 is 12.1 Å². The lowest BCUT2D eigenvalue weighted by Crippen LogP contribution is -2.43. The number of hydrogen-bond donors (Lipinski definition) is 3. The lowest BCUT2D eigenvalue weighted by molar-refractivity contribution is 0.247. The number of fused-ring (bicyclic) bond motifs is 1. The van der Waals surface area contributed by atoms with Gasteiger partial charge in [-0.2, -0.15) is 0 Å². The minimum Gasteiger partial charge on any atom is -0.490 e. The minimum atomic E-state index is -0.180. The second kappa shape index (κ2) is 6.23. The third-order valence-electron chi connectivity index (χ3n) is 4.09. The van der Waals surface area contributed by atoms with E-state index in [0.717, 1.165) is 23.7 Å². The SMILES string of the molecule is CNC(=O)N(C)c1ccc2c(c1)N(CC1CNC(=O)N1)CCO2. The van der Waals surface area contributed by atoms with Crippen molar-refractivity contribution in [2.75, 3.05) is 50.1 Å². The van der Waals surface area contributed by atoms with E-state index >= 15 is 0 Å². The number of rotatable bonds is 3. The molecule has 3 rings (SSSR count). The van der Waals surface area contributed by atoms with Crippen LogP contribution < -0.4 is 30.5 Å². The molecule has 0 saturated carbocycles. The lowest BCUT2D eigenvalue weighted by Gasteiger charge is -2.33. The van der Waals surface area contributed by atoms with Crippen molar-refractivity contribution in [2.45, 2.75) is 6.04 Å². The van der Waals surface area contributed by atoms with E-state index < -0.39 is 0 Å². The molecule has 0 aliphatic carbocycles. The van der Waals surface area contributed by atoms with Gasteiger partial charge in [-0.25, -0.2) is 9.59 Å². The van der Waals surface area contributed by atoms with Crippen molar-refractivity contribution in [3.05, 3.63) is 18.2 Å². The van der Waals surface area contributed by atoms with E-state index in [1.807, 2.05) is 18.2 Å². The summed E-state index contributed by atoms with van der Waals surface area (Å²) < 4.78 is 5.70. The summed E-state index contributed by atoms with van der Waals surface area (Å²) >= 11 is 0. The van der Waals surface area contributed by atoms with Crippen LogP contribution in [0.25, 0.3) is 0 Å². The molecule has 0 bridgehead atoms. The van der Waals surface area contributed by atoms with Crippen molar-refractivity contribution in [1.29, 1.82) is 0 Å². The topological polar surface area (TPSA) is 85.9 Å². The van der Waals surface area contributed by atoms with E-state index in [4.69, 9.17) is 4.74 Å². The molecule has 2 aliphatic rings. The van der Waals surface area contributed by atoms with Crippen LogP contribution in [0.3, 0.4) is 0 Å². The van der Waals surface area contributed by atoms with Crippen molar-refractivity contribution >= 4 is 23.4 Å². The van der Waals surface area contributed by atoms with Crippen molar-refractivity contribution in [3.8, 4) is 5.75 Å². The van der Waals surface area contributed by atoms with Gasteiger partial charge in [-0.05, 0) is 18.2 Å². The summed E-state index contributed by atoms with van der Waals surface area (Å²) in [5.41, 5.74) is 1.72. The Labute approximate surface area is 134 Å². The normalized spacial score (nSPS) is 19.3. The maximum Gasteiger partial charge on any atom is 0.321 e. The number of amides is 4.